The molecule has 2 aliphatic heterocycles. The highest BCUT2D eigenvalue weighted by atomic mass is 16.5. The van der Waals surface area contributed by atoms with E-state index >= 15 is 0 Å². The molecule has 0 atom stereocenters. The minimum atomic E-state index is -0.750. The Morgan fingerprint density at radius 3 is 1.35 bits per heavy atom. The summed E-state index contributed by atoms with van der Waals surface area (Å²) in [6, 6.07) is 48.3. The smallest absolute Gasteiger partial charge is 0.178 e. The van der Waals surface area contributed by atoms with E-state index in [1.807, 2.05) is 6.07 Å². The molecule has 0 aromatic heterocycles. The highest BCUT2D eigenvalue weighted by molar-refractivity contribution is 5.82. The van der Waals surface area contributed by atoms with Crippen LogP contribution in [0.2, 0.25) is 0 Å². The fourth-order valence-corrected chi connectivity index (χ4v) is 5.88. The molecular weight excluding hydrogens is 452 g/mol. The van der Waals surface area contributed by atoms with Crippen LogP contribution in [0.3, 0.4) is 0 Å². The molecule has 2 aliphatic rings. The Bertz CT molecular complexity index is 1490. The van der Waals surface area contributed by atoms with Crippen molar-refractivity contribution in [2.45, 2.75) is 17.6 Å². The Kier molecular flexibility index (Phi) is 5.00. The Hall–Kier alpha value is -4.56. The third-order valence-corrected chi connectivity index (χ3v) is 7.57. The molecule has 2 nitrogen and oxygen atoms in total. The molecule has 2 heterocycles. The largest absolute Gasteiger partial charge is 0.477 e. The first-order valence-corrected chi connectivity index (χ1v) is 12.7. The monoisotopic (exact) mass is 478 g/mol. The molecule has 178 valence electrons. The van der Waals surface area contributed by atoms with E-state index in [9.17, 15) is 0 Å². The highest BCUT2D eigenvalue weighted by Gasteiger charge is 2.47. The summed E-state index contributed by atoms with van der Waals surface area (Å²) in [5.74, 6) is 1.69. The number of ether oxygens (including phenoxy) is 2. The summed E-state index contributed by atoms with van der Waals surface area (Å²) < 4.78 is 14.0. The van der Waals surface area contributed by atoms with Crippen LogP contribution in [0.15, 0.2) is 146 Å². The summed E-state index contributed by atoms with van der Waals surface area (Å²) in [6.07, 6.45) is 3.02. The van der Waals surface area contributed by atoms with Gasteiger partial charge in [-0.05, 0) is 23.8 Å². The molecule has 0 fully saturated rings. The van der Waals surface area contributed by atoms with Crippen LogP contribution in [0.25, 0.3) is 5.57 Å². The van der Waals surface area contributed by atoms with E-state index in [2.05, 4.69) is 140 Å². The molecule has 0 N–H and O–H groups in total. The van der Waals surface area contributed by atoms with Gasteiger partial charge in [0, 0.05) is 28.7 Å². The lowest BCUT2D eigenvalue weighted by Crippen LogP contribution is -2.41. The van der Waals surface area contributed by atoms with Crippen LogP contribution in [-0.4, -0.2) is 0 Å². The van der Waals surface area contributed by atoms with E-state index in [0.717, 1.165) is 39.3 Å². The zero-order chi connectivity index (χ0) is 24.7. The first-order valence-electron chi connectivity index (χ1n) is 12.7. The third kappa shape index (κ3) is 3.41. The summed E-state index contributed by atoms with van der Waals surface area (Å²) in [4.78, 5) is 0. The van der Waals surface area contributed by atoms with Gasteiger partial charge in [0.2, 0.25) is 0 Å². The predicted molar refractivity (Wildman–Crippen MR) is 148 cm³/mol. The number of hydrogen-bond donors (Lipinski definition) is 0. The van der Waals surface area contributed by atoms with Crippen LogP contribution in [0.5, 0.6) is 11.5 Å². The highest BCUT2D eigenvalue weighted by Crippen LogP contribution is 2.56. The molecule has 0 radical (unpaired) electrons. The molecule has 0 amide bonds. The molecular formula is C35H26O2. The van der Waals surface area contributed by atoms with E-state index in [4.69, 9.17) is 9.47 Å². The molecule has 0 saturated carbocycles. The second kappa shape index (κ2) is 8.53. The third-order valence-electron chi connectivity index (χ3n) is 7.57. The molecule has 7 rings (SSSR count). The van der Waals surface area contributed by atoms with Crippen LogP contribution in [0.4, 0.5) is 0 Å². The first-order chi connectivity index (χ1) is 18.3. The van der Waals surface area contributed by atoms with Crippen molar-refractivity contribution >= 4 is 5.57 Å². The van der Waals surface area contributed by atoms with Gasteiger partial charge in [-0.15, -0.1) is 0 Å². The quantitative estimate of drug-likeness (QED) is 0.260. The van der Waals surface area contributed by atoms with E-state index in [1.165, 1.54) is 5.57 Å². The Morgan fingerprint density at radius 1 is 0.432 bits per heavy atom. The van der Waals surface area contributed by atoms with Gasteiger partial charge in [-0.2, -0.15) is 0 Å². The topological polar surface area (TPSA) is 18.5 Å². The van der Waals surface area contributed by atoms with E-state index in [1.54, 1.807) is 0 Å². The summed E-state index contributed by atoms with van der Waals surface area (Å²) in [6.45, 7) is 0. The number of rotatable bonds is 4. The minimum absolute atomic E-state index is 0.656. The van der Waals surface area contributed by atoms with Crippen LogP contribution >= 0.6 is 0 Å². The summed E-state index contributed by atoms with van der Waals surface area (Å²) >= 11 is 0. The zero-order valence-electron chi connectivity index (χ0n) is 20.4. The van der Waals surface area contributed by atoms with Gasteiger partial charge in [0.15, 0.2) is 11.2 Å². The Morgan fingerprint density at radius 2 is 0.865 bits per heavy atom. The Labute approximate surface area is 217 Å². The van der Waals surface area contributed by atoms with Crippen molar-refractivity contribution in [3.05, 3.63) is 173 Å². The second-order valence-corrected chi connectivity index (χ2v) is 9.71. The molecule has 0 bridgehead atoms. The molecule has 0 spiro atoms. The van der Waals surface area contributed by atoms with Gasteiger partial charge in [-0.25, -0.2) is 0 Å². The lowest BCUT2D eigenvalue weighted by molar-refractivity contribution is 0.0994. The van der Waals surface area contributed by atoms with E-state index in [-0.39, 0.29) is 0 Å². The summed E-state index contributed by atoms with van der Waals surface area (Å²) in [7, 11) is 0. The molecule has 0 aliphatic carbocycles. The first kappa shape index (κ1) is 21.7. The SMILES string of the molecule is C1=C2CC(c3ccccc3)(c3ccccc3)Oc3cccc(c32)OC1(c1ccccc1)c1ccccc1. The molecule has 2 heteroatoms. The lowest BCUT2D eigenvalue weighted by atomic mass is 9.73. The van der Waals surface area contributed by atoms with Gasteiger partial charge >= 0.3 is 0 Å². The van der Waals surface area contributed by atoms with Gasteiger partial charge in [-0.1, -0.05) is 127 Å². The van der Waals surface area contributed by atoms with Crippen molar-refractivity contribution < 1.29 is 9.47 Å². The van der Waals surface area contributed by atoms with Crippen molar-refractivity contribution in [1.29, 1.82) is 0 Å². The van der Waals surface area contributed by atoms with Crippen molar-refractivity contribution in [3.8, 4) is 11.5 Å². The predicted octanol–water partition coefficient (Wildman–Crippen LogP) is 8.13. The second-order valence-electron chi connectivity index (χ2n) is 9.71. The van der Waals surface area contributed by atoms with Crippen LogP contribution in [0, 0.1) is 0 Å². The number of benzene rings is 5. The zero-order valence-corrected chi connectivity index (χ0v) is 20.4. The molecule has 0 unspecified atom stereocenters. The standard InChI is InChI=1S/C35H26O2/c1-5-14-27(15-6-1)34(28-16-7-2-8-17-28)24-26-25-35(29-18-9-3-10-19-29,30-20-11-4-12-21-30)37-32-23-13-22-31(36-34)33(26)32/h1-24H,25H2. The van der Waals surface area contributed by atoms with E-state index in [0.29, 0.717) is 6.42 Å². The minimum Gasteiger partial charge on any atom is -0.477 e. The van der Waals surface area contributed by atoms with Gasteiger partial charge in [-0.3, -0.25) is 0 Å². The lowest BCUT2D eigenvalue weighted by Gasteiger charge is -2.45. The van der Waals surface area contributed by atoms with Crippen molar-refractivity contribution in [1.82, 2.24) is 0 Å². The van der Waals surface area contributed by atoms with E-state index < -0.39 is 11.2 Å². The molecule has 5 aromatic rings. The maximum atomic E-state index is 7.00. The maximum absolute atomic E-state index is 7.00. The van der Waals surface area contributed by atoms with Gasteiger partial charge < -0.3 is 9.47 Å². The summed E-state index contributed by atoms with van der Waals surface area (Å²) in [5, 5.41) is 0. The molecule has 5 aromatic carbocycles. The number of hydrogen-bond acceptors (Lipinski definition) is 2. The average molecular weight is 479 g/mol. The molecule has 37 heavy (non-hydrogen) atoms. The van der Waals surface area contributed by atoms with Crippen molar-refractivity contribution in [2.24, 2.45) is 0 Å². The van der Waals surface area contributed by atoms with Crippen LogP contribution in [0.1, 0.15) is 34.2 Å². The van der Waals surface area contributed by atoms with Crippen molar-refractivity contribution in [2.75, 3.05) is 0 Å². The van der Waals surface area contributed by atoms with Crippen molar-refractivity contribution in [3.63, 3.8) is 0 Å². The average Bonchev–Trinajstić information content (AvgIpc) is 2.99. The van der Waals surface area contributed by atoms with Gasteiger partial charge in [0.05, 0.1) is 5.56 Å². The normalized spacial score (nSPS) is 16.5. The fraction of sp³-hybridized carbons (Fsp3) is 0.0857. The van der Waals surface area contributed by atoms with Crippen LogP contribution in [-0.2, 0) is 11.2 Å². The molecule has 0 saturated heterocycles. The maximum Gasteiger partial charge on any atom is 0.178 e. The van der Waals surface area contributed by atoms with Crippen LogP contribution < -0.4 is 9.47 Å². The fourth-order valence-electron chi connectivity index (χ4n) is 5.88. The van der Waals surface area contributed by atoms with Gasteiger partial charge in [0.25, 0.3) is 0 Å². The van der Waals surface area contributed by atoms with Gasteiger partial charge in [0.1, 0.15) is 11.5 Å². The Balaban J connectivity index is 1.51. The summed E-state index contributed by atoms with van der Waals surface area (Å²) in [5.41, 5.74) is 5.33.